The van der Waals surface area contributed by atoms with Gasteiger partial charge in [0.25, 0.3) is 0 Å². The third kappa shape index (κ3) is 2.55. The molecule has 1 aromatic carbocycles. The number of rotatable bonds is 5. The zero-order valence-electron chi connectivity index (χ0n) is 11.2. The van der Waals surface area contributed by atoms with E-state index in [4.69, 9.17) is 16.0 Å². The van der Waals surface area contributed by atoms with Crippen LogP contribution in [0.15, 0.2) is 22.6 Å². The SMILES string of the molecule is CCCC(NCC)c1cc2c(C)ccc(Cl)c2o1. The van der Waals surface area contributed by atoms with Gasteiger partial charge in [0.2, 0.25) is 0 Å². The number of benzene rings is 1. The molecule has 0 saturated carbocycles. The van der Waals surface area contributed by atoms with Crippen LogP contribution in [0, 0.1) is 6.92 Å². The number of aryl methyl sites for hydroxylation is 1. The molecule has 2 aromatic rings. The molecule has 0 aliphatic heterocycles. The van der Waals surface area contributed by atoms with Crippen molar-refractivity contribution in [2.45, 2.75) is 39.7 Å². The van der Waals surface area contributed by atoms with E-state index < -0.39 is 0 Å². The van der Waals surface area contributed by atoms with E-state index in [1.807, 2.05) is 12.1 Å². The summed E-state index contributed by atoms with van der Waals surface area (Å²) in [7, 11) is 0. The summed E-state index contributed by atoms with van der Waals surface area (Å²) in [4.78, 5) is 0. The molecule has 2 nitrogen and oxygen atoms in total. The van der Waals surface area contributed by atoms with Crippen LogP contribution < -0.4 is 5.32 Å². The molecule has 0 fully saturated rings. The van der Waals surface area contributed by atoms with Gasteiger partial charge in [0.1, 0.15) is 5.76 Å². The number of halogens is 1. The Morgan fingerprint density at radius 1 is 1.33 bits per heavy atom. The first-order chi connectivity index (χ1) is 8.67. The van der Waals surface area contributed by atoms with Crippen molar-refractivity contribution in [3.8, 4) is 0 Å². The molecule has 3 heteroatoms. The molecule has 0 amide bonds. The minimum absolute atomic E-state index is 0.280. The number of furan rings is 1. The average Bonchev–Trinajstić information content (AvgIpc) is 2.80. The molecular weight excluding hydrogens is 246 g/mol. The molecule has 0 spiro atoms. The summed E-state index contributed by atoms with van der Waals surface area (Å²) in [6.07, 6.45) is 2.20. The average molecular weight is 266 g/mol. The van der Waals surface area contributed by atoms with E-state index in [0.29, 0.717) is 5.02 Å². The molecule has 1 N–H and O–H groups in total. The first-order valence-corrected chi connectivity index (χ1v) is 6.97. The van der Waals surface area contributed by atoms with Gasteiger partial charge < -0.3 is 9.73 Å². The van der Waals surface area contributed by atoms with Crippen molar-refractivity contribution < 1.29 is 4.42 Å². The molecule has 0 aliphatic carbocycles. The van der Waals surface area contributed by atoms with Crippen LogP contribution >= 0.6 is 11.6 Å². The van der Waals surface area contributed by atoms with Crippen molar-refractivity contribution in [2.75, 3.05) is 6.54 Å². The lowest BCUT2D eigenvalue weighted by Gasteiger charge is -2.13. The van der Waals surface area contributed by atoms with Crippen LogP contribution in [0.5, 0.6) is 0 Å². The lowest BCUT2D eigenvalue weighted by atomic mass is 10.1. The predicted octanol–water partition coefficient (Wildman–Crippen LogP) is 4.85. The largest absolute Gasteiger partial charge is 0.458 e. The van der Waals surface area contributed by atoms with E-state index in [1.54, 1.807) is 0 Å². The number of hydrogen-bond acceptors (Lipinski definition) is 2. The molecule has 0 bridgehead atoms. The molecule has 1 heterocycles. The van der Waals surface area contributed by atoms with Gasteiger partial charge in [0.15, 0.2) is 5.58 Å². The van der Waals surface area contributed by atoms with Gasteiger partial charge >= 0.3 is 0 Å². The van der Waals surface area contributed by atoms with E-state index in [2.05, 4.69) is 32.2 Å². The zero-order chi connectivity index (χ0) is 13.1. The second kappa shape index (κ2) is 5.77. The fourth-order valence-electron chi connectivity index (χ4n) is 2.30. The first-order valence-electron chi connectivity index (χ1n) is 6.59. The maximum absolute atomic E-state index is 6.19. The Bertz CT molecular complexity index is 488. The van der Waals surface area contributed by atoms with Crippen molar-refractivity contribution in [2.24, 2.45) is 0 Å². The summed E-state index contributed by atoms with van der Waals surface area (Å²) in [5, 5.41) is 5.27. The minimum Gasteiger partial charge on any atom is -0.458 e. The maximum Gasteiger partial charge on any atom is 0.153 e. The highest BCUT2D eigenvalue weighted by Gasteiger charge is 2.16. The molecule has 0 aliphatic rings. The van der Waals surface area contributed by atoms with Crippen LogP contribution in [0.1, 0.15) is 44.1 Å². The van der Waals surface area contributed by atoms with Crippen LogP contribution in [0.3, 0.4) is 0 Å². The third-order valence-electron chi connectivity index (χ3n) is 3.24. The molecule has 2 rings (SSSR count). The highest BCUT2D eigenvalue weighted by Crippen LogP contribution is 2.32. The summed E-state index contributed by atoms with van der Waals surface area (Å²) < 4.78 is 5.95. The monoisotopic (exact) mass is 265 g/mol. The van der Waals surface area contributed by atoms with E-state index in [0.717, 1.165) is 36.1 Å². The molecule has 1 unspecified atom stereocenters. The summed E-state index contributed by atoms with van der Waals surface area (Å²) in [5.41, 5.74) is 2.02. The number of hydrogen-bond donors (Lipinski definition) is 1. The third-order valence-corrected chi connectivity index (χ3v) is 3.54. The van der Waals surface area contributed by atoms with E-state index in [-0.39, 0.29) is 6.04 Å². The molecule has 0 saturated heterocycles. The van der Waals surface area contributed by atoms with E-state index >= 15 is 0 Å². The second-order valence-corrected chi connectivity index (χ2v) is 5.06. The van der Waals surface area contributed by atoms with E-state index in [9.17, 15) is 0 Å². The number of fused-ring (bicyclic) bond motifs is 1. The van der Waals surface area contributed by atoms with E-state index in [1.165, 1.54) is 5.56 Å². The minimum atomic E-state index is 0.280. The van der Waals surface area contributed by atoms with Crippen LogP contribution in [-0.2, 0) is 0 Å². The van der Waals surface area contributed by atoms with Gasteiger partial charge in [0.05, 0.1) is 11.1 Å². The Morgan fingerprint density at radius 3 is 2.72 bits per heavy atom. The smallest absolute Gasteiger partial charge is 0.153 e. The highest BCUT2D eigenvalue weighted by atomic mass is 35.5. The normalized spacial score (nSPS) is 13.1. The fraction of sp³-hybridized carbons (Fsp3) is 0.467. The molecule has 0 radical (unpaired) electrons. The summed E-state index contributed by atoms with van der Waals surface area (Å²) in [6.45, 7) is 7.32. The first kappa shape index (κ1) is 13.4. The Hall–Kier alpha value is -0.990. The Labute approximate surface area is 113 Å². The number of nitrogens with one attached hydrogen (secondary N) is 1. The molecule has 98 valence electrons. The second-order valence-electron chi connectivity index (χ2n) is 4.65. The Balaban J connectivity index is 2.44. The fourth-order valence-corrected chi connectivity index (χ4v) is 2.50. The van der Waals surface area contributed by atoms with Crippen molar-refractivity contribution in [3.63, 3.8) is 0 Å². The van der Waals surface area contributed by atoms with Crippen molar-refractivity contribution >= 4 is 22.6 Å². The maximum atomic E-state index is 6.19. The predicted molar refractivity (Wildman–Crippen MR) is 77.3 cm³/mol. The molecular formula is C15H20ClNO. The van der Waals surface area contributed by atoms with Gasteiger partial charge in [-0.15, -0.1) is 0 Å². The molecule has 1 aromatic heterocycles. The lowest BCUT2D eigenvalue weighted by molar-refractivity contribution is 0.414. The van der Waals surface area contributed by atoms with Gasteiger partial charge in [-0.2, -0.15) is 0 Å². The van der Waals surface area contributed by atoms with Gasteiger partial charge in [-0.05, 0) is 37.6 Å². The van der Waals surface area contributed by atoms with Gasteiger partial charge in [-0.3, -0.25) is 0 Å². The van der Waals surface area contributed by atoms with Crippen LogP contribution in [-0.4, -0.2) is 6.54 Å². The standard InChI is InChI=1S/C15H20ClNO/c1-4-6-13(17-5-2)14-9-11-10(3)7-8-12(16)15(11)18-14/h7-9,13,17H,4-6H2,1-3H3. The summed E-state index contributed by atoms with van der Waals surface area (Å²) in [6, 6.07) is 6.34. The van der Waals surface area contributed by atoms with Crippen molar-refractivity contribution in [1.82, 2.24) is 5.32 Å². The molecule has 18 heavy (non-hydrogen) atoms. The van der Waals surface area contributed by atoms with Gasteiger partial charge in [-0.25, -0.2) is 0 Å². The molecule has 1 atom stereocenters. The van der Waals surface area contributed by atoms with Crippen LogP contribution in [0.2, 0.25) is 5.02 Å². The Morgan fingerprint density at radius 2 is 2.11 bits per heavy atom. The van der Waals surface area contributed by atoms with Crippen LogP contribution in [0.4, 0.5) is 0 Å². The topological polar surface area (TPSA) is 25.2 Å². The highest BCUT2D eigenvalue weighted by molar-refractivity contribution is 6.34. The van der Waals surface area contributed by atoms with Gasteiger partial charge in [-0.1, -0.05) is 37.9 Å². The Kier molecular flexibility index (Phi) is 4.31. The van der Waals surface area contributed by atoms with Crippen molar-refractivity contribution in [1.29, 1.82) is 0 Å². The van der Waals surface area contributed by atoms with Crippen LogP contribution in [0.25, 0.3) is 11.0 Å². The zero-order valence-corrected chi connectivity index (χ0v) is 12.0. The quantitative estimate of drug-likeness (QED) is 0.836. The van der Waals surface area contributed by atoms with Gasteiger partial charge in [0, 0.05) is 5.39 Å². The van der Waals surface area contributed by atoms with Crippen molar-refractivity contribution in [3.05, 3.63) is 34.5 Å². The summed E-state index contributed by atoms with van der Waals surface area (Å²) >= 11 is 6.19. The lowest BCUT2D eigenvalue weighted by Crippen LogP contribution is -2.20. The summed E-state index contributed by atoms with van der Waals surface area (Å²) in [5.74, 6) is 0.991.